The predicted molar refractivity (Wildman–Crippen MR) is 102 cm³/mol. The second-order valence-electron chi connectivity index (χ2n) is 6.15. The third kappa shape index (κ3) is 3.40. The van der Waals surface area contributed by atoms with E-state index in [1.54, 1.807) is 6.33 Å². The molecule has 1 fully saturated rings. The minimum absolute atomic E-state index is 0.197. The van der Waals surface area contributed by atoms with Crippen molar-refractivity contribution in [2.24, 2.45) is 0 Å². The summed E-state index contributed by atoms with van der Waals surface area (Å²) in [4.78, 5) is 21.9. The summed E-state index contributed by atoms with van der Waals surface area (Å²) in [5, 5.41) is 0.197. The molecule has 0 radical (unpaired) electrons. The number of hydrogen-bond donors (Lipinski definition) is 0. The SMILES string of the molecule is CN(Cc1ccccc1)c1ncnc2c(N3CCOCC3)nc(Cl)nc12. The fraction of sp³-hybridized carbons (Fsp3) is 0.333. The minimum Gasteiger partial charge on any atom is -0.378 e. The number of morpholine rings is 1. The molecule has 0 N–H and O–H groups in total. The molecule has 0 amide bonds. The molecule has 1 aromatic carbocycles. The average molecular weight is 371 g/mol. The van der Waals surface area contributed by atoms with Gasteiger partial charge in [0.1, 0.15) is 17.4 Å². The van der Waals surface area contributed by atoms with E-state index in [-0.39, 0.29) is 5.28 Å². The fourth-order valence-electron chi connectivity index (χ4n) is 3.10. The van der Waals surface area contributed by atoms with Gasteiger partial charge < -0.3 is 14.5 Å². The van der Waals surface area contributed by atoms with Crippen LogP contribution in [0.5, 0.6) is 0 Å². The number of benzene rings is 1. The molecule has 2 aromatic heterocycles. The van der Waals surface area contributed by atoms with Crippen LogP contribution in [0.4, 0.5) is 11.6 Å². The molecule has 0 bridgehead atoms. The smallest absolute Gasteiger partial charge is 0.225 e. The summed E-state index contributed by atoms with van der Waals surface area (Å²) < 4.78 is 5.43. The number of aromatic nitrogens is 4. The quantitative estimate of drug-likeness (QED) is 0.654. The van der Waals surface area contributed by atoms with Gasteiger partial charge in [-0.1, -0.05) is 30.3 Å². The molecule has 3 aromatic rings. The number of halogens is 1. The van der Waals surface area contributed by atoms with Gasteiger partial charge >= 0.3 is 0 Å². The van der Waals surface area contributed by atoms with Crippen LogP contribution in [0.1, 0.15) is 5.56 Å². The number of anilines is 2. The summed E-state index contributed by atoms with van der Waals surface area (Å²) in [6.07, 6.45) is 1.56. The lowest BCUT2D eigenvalue weighted by Gasteiger charge is -2.28. The van der Waals surface area contributed by atoms with Gasteiger partial charge in [-0.05, 0) is 17.2 Å². The number of fused-ring (bicyclic) bond motifs is 1. The molecule has 0 unspecified atom stereocenters. The second kappa shape index (κ2) is 7.39. The highest BCUT2D eigenvalue weighted by Crippen LogP contribution is 2.29. The Kier molecular flexibility index (Phi) is 4.81. The van der Waals surface area contributed by atoms with Crippen molar-refractivity contribution in [2.75, 3.05) is 43.2 Å². The molecule has 8 heteroatoms. The molecule has 1 saturated heterocycles. The molecule has 1 aliphatic rings. The van der Waals surface area contributed by atoms with Gasteiger partial charge in [0, 0.05) is 26.7 Å². The Balaban J connectivity index is 1.75. The zero-order valence-corrected chi connectivity index (χ0v) is 15.2. The van der Waals surface area contributed by atoms with E-state index < -0.39 is 0 Å². The summed E-state index contributed by atoms with van der Waals surface area (Å²) in [5.74, 6) is 1.47. The van der Waals surface area contributed by atoms with Gasteiger partial charge in [0.2, 0.25) is 5.28 Å². The lowest BCUT2D eigenvalue weighted by atomic mass is 10.2. The van der Waals surface area contributed by atoms with E-state index in [1.807, 2.05) is 30.1 Å². The summed E-state index contributed by atoms with van der Waals surface area (Å²) >= 11 is 6.23. The summed E-state index contributed by atoms with van der Waals surface area (Å²) in [7, 11) is 1.99. The van der Waals surface area contributed by atoms with Crippen molar-refractivity contribution < 1.29 is 4.74 Å². The van der Waals surface area contributed by atoms with E-state index in [4.69, 9.17) is 16.3 Å². The number of rotatable bonds is 4. The Hall–Kier alpha value is -2.51. The first-order valence-electron chi connectivity index (χ1n) is 8.48. The van der Waals surface area contributed by atoms with Gasteiger partial charge in [-0.25, -0.2) is 15.0 Å². The third-order valence-corrected chi connectivity index (χ3v) is 4.52. The van der Waals surface area contributed by atoms with Gasteiger partial charge in [0.15, 0.2) is 11.6 Å². The number of nitrogens with zero attached hydrogens (tertiary/aromatic N) is 6. The number of hydrogen-bond acceptors (Lipinski definition) is 7. The van der Waals surface area contributed by atoms with Gasteiger partial charge in [-0.15, -0.1) is 0 Å². The monoisotopic (exact) mass is 370 g/mol. The average Bonchev–Trinajstić information content (AvgIpc) is 2.68. The predicted octanol–water partition coefficient (Wildman–Crippen LogP) is 2.55. The van der Waals surface area contributed by atoms with E-state index in [2.05, 4.69) is 37.0 Å². The molecule has 0 saturated carbocycles. The third-order valence-electron chi connectivity index (χ3n) is 4.35. The van der Waals surface area contributed by atoms with E-state index in [1.165, 1.54) is 5.56 Å². The largest absolute Gasteiger partial charge is 0.378 e. The molecule has 0 atom stereocenters. The Labute approximate surface area is 156 Å². The van der Waals surface area contributed by atoms with Crippen LogP contribution in [0.3, 0.4) is 0 Å². The van der Waals surface area contributed by atoms with Crippen molar-refractivity contribution in [2.45, 2.75) is 6.54 Å². The highest BCUT2D eigenvalue weighted by Gasteiger charge is 2.21. The standard InChI is InChI=1S/C18H19ClN6O/c1-24(11-13-5-3-2-4-6-13)16-15-14(20-12-21-16)17(23-18(19)22-15)25-7-9-26-10-8-25/h2-6,12H,7-11H2,1H3. The lowest BCUT2D eigenvalue weighted by molar-refractivity contribution is 0.122. The maximum atomic E-state index is 6.23. The molecule has 134 valence electrons. The Morgan fingerprint density at radius 2 is 1.85 bits per heavy atom. The topological polar surface area (TPSA) is 67.3 Å². The fourth-order valence-corrected chi connectivity index (χ4v) is 3.27. The first-order valence-corrected chi connectivity index (χ1v) is 8.86. The van der Waals surface area contributed by atoms with Gasteiger partial charge in [0.25, 0.3) is 0 Å². The van der Waals surface area contributed by atoms with E-state index in [0.29, 0.717) is 30.8 Å². The first kappa shape index (κ1) is 16.9. The first-order chi connectivity index (χ1) is 12.7. The Morgan fingerprint density at radius 3 is 2.62 bits per heavy atom. The molecule has 7 nitrogen and oxygen atoms in total. The Morgan fingerprint density at radius 1 is 1.08 bits per heavy atom. The van der Waals surface area contributed by atoms with Gasteiger partial charge in [-0.2, -0.15) is 4.98 Å². The highest BCUT2D eigenvalue weighted by molar-refractivity contribution is 6.29. The number of ether oxygens (including phenoxy) is 1. The van der Waals surface area contributed by atoms with Crippen LogP contribution >= 0.6 is 11.6 Å². The molecular formula is C18H19ClN6O. The highest BCUT2D eigenvalue weighted by atomic mass is 35.5. The van der Waals surface area contributed by atoms with Crippen LogP contribution in [-0.2, 0) is 11.3 Å². The van der Waals surface area contributed by atoms with Crippen molar-refractivity contribution in [1.29, 1.82) is 0 Å². The van der Waals surface area contributed by atoms with Crippen molar-refractivity contribution in [3.8, 4) is 0 Å². The second-order valence-corrected chi connectivity index (χ2v) is 6.49. The van der Waals surface area contributed by atoms with Crippen molar-refractivity contribution in [3.63, 3.8) is 0 Å². The summed E-state index contributed by atoms with van der Waals surface area (Å²) in [6.45, 7) is 3.54. The van der Waals surface area contributed by atoms with Gasteiger partial charge in [-0.3, -0.25) is 0 Å². The summed E-state index contributed by atoms with van der Waals surface area (Å²) in [5.41, 5.74) is 2.56. The van der Waals surface area contributed by atoms with Crippen molar-refractivity contribution in [1.82, 2.24) is 19.9 Å². The van der Waals surface area contributed by atoms with Crippen LogP contribution in [-0.4, -0.2) is 53.3 Å². The van der Waals surface area contributed by atoms with E-state index in [0.717, 1.165) is 24.7 Å². The van der Waals surface area contributed by atoms with Crippen molar-refractivity contribution >= 4 is 34.3 Å². The van der Waals surface area contributed by atoms with Gasteiger partial charge in [0.05, 0.1) is 13.2 Å². The van der Waals surface area contributed by atoms with Crippen molar-refractivity contribution in [3.05, 3.63) is 47.5 Å². The van der Waals surface area contributed by atoms with Crippen LogP contribution < -0.4 is 9.80 Å². The maximum Gasteiger partial charge on any atom is 0.225 e. The molecule has 26 heavy (non-hydrogen) atoms. The van der Waals surface area contributed by atoms with Crippen LogP contribution in [0.25, 0.3) is 11.0 Å². The molecule has 0 spiro atoms. The molecule has 0 aliphatic carbocycles. The molecule has 4 rings (SSSR count). The van der Waals surface area contributed by atoms with E-state index >= 15 is 0 Å². The normalized spacial score (nSPS) is 14.6. The zero-order valence-electron chi connectivity index (χ0n) is 14.5. The zero-order chi connectivity index (χ0) is 17.9. The van der Waals surface area contributed by atoms with E-state index in [9.17, 15) is 0 Å². The molecule has 1 aliphatic heterocycles. The Bertz CT molecular complexity index is 901. The minimum atomic E-state index is 0.197. The van der Waals surface area contributed by atoms with Crippen LogP contribution in [0.15, 0.2) is 36.7 Å². The van der Waals surface area contributed by atoms with Crippen LogP contribution in [0, 0.1) is 0 Å². The lowest BCUT2D eigenvalue weighted by Crippen LogP contribution is -2.37. The van der Waals surface area contributed by atoms with Crippen LogP contribution in [0.2, 0.25) is 5.28 Å². The molecular weight excluding hydrogens is 352 g/mol. The maximum absolute atomic E-state index is 6.23. The summed E-state index contributed by atoms with van der Waals surface area (Å²) in [6, 6.07) is 10.2. The molecule has 3 heterocycles.